The average molecular weight is 479 g/mol. The highest BCUT2D eigenvalue weighted by Gasteiger charge is 2.36. The Hall–Kier alpha value is -3.28. The molecule has 0 spiro atoms. The predicted octanol–water partition coefficient (Wildman–Crippen LogP) is 6.16. The quantitative estimate of drug-likeness (QED) is 0.346. The Morgan fingerprint density at radius 1 is 0.657 bits per heavy atom. The smallest absolute Gasteiger partial charge is 0.352 e. The van der Waals surface area contributed by atoms with Gasteiger partial charge in [0.25, 0.3) is 0 Å². The maximum absolute atomic E-state index is 12.5. The Morgan fingerprint density at radius 2 is 1.03 bits per heavy atom. The Kier molecular flexibility index (Phi) is 8.26. The molecule has 35 heavy (non-hydrogen) atoms. The second-order valence-corrected chi connectivity index (χ2v) is 8.74. The van der Waals surface area contributed by atoms with Crippen LogP contribution in [-0.4, -0.2) is 31.3 Å². The van der Waals surface area contributed by atoms with Gasteiger partial charge in [0, 0.05) is 24.5 Å². The highest BCUT2D eigenvalue weighted by atomic mass is 16.4. The standard InChI is InChI=1S/C29H38N2O4/c1-7-19-21(9-3)26(28(32)33)30(11-5)24(19)23(18-16-14-13-15-17-18)25-20(8-2)22(10-4)27(29(34)35)31(25)12-6/h13-17,23H,7-12H2,1-6H3,(H,32,33)(H,34,35). The summed E-state index contributed by atoms with van der Waals surface area (Å²) in [7, 11) is 0. The molecule has 0 aliphatic carbocycles. The molecule has 0 atom stereocenters. The number of aromatic nitrogens is 2. The first kappa shape index (κ1) is 26.3. The van der Waals surface area contributed by atoms with E-state index in [-0.39, 0.29) is 5.92 Å². The molecule has 0 saturated heterocycles. The first-order valence-electron chi connectivity index (χ1n) is 12.8. The molecule has 0 fully saturated rings. The lowest BCUT2D eigenvalue weighted by Gasteiger charge is -2.26. The molecule has 2 N–H and O–H groups in total. The summed E-state index contributed by atoms with van der Waals surface area (Å²) in [5, 5.41) is 20.4. The van der Waals surface area contributed by atoms with E-state index in [0.717, 1.165) is 39.2 Å². The largest absolute Gasteiger partial charge is 0.477 e. The summed E-state index contributed by atoms with van der Waals surface area (Å²) < 4.78 is 3.91. The third kappa shape index (κ3) is 4.30. The minimum Gasteiger partial charge on any atom is -0.477 e. The number of hydrogen-bond acceptors (Lipinski definition) is 2. The van der Waals surface area contributed by atoms with Crippen molar-refractivity contribution < 1.29 is 19.8 Å². The first-order chi connectivity index (χ1) is 16.8. The third-order valence-electron chi connectivity index (χ3n) is 7.17. The van der Waals surface area contributed by atoms with Crippen LogP contribution in [0.25, 0.3) is 0 Å². The molecule has 2 heterocycles. The molecule has 0 aliphatic rings. The van der Waals surface area contributed by atoms with Crippen molar-refractivity contribution in [2.24, 2.45) is 0 Å². The lowest BCUT2D eigenvalue weighted by molar-refractivity contribution is 0.0673. The van der Waals surface area contributed by atoms with Crippen LogP contribution in [0.2, 0.25) is 0 Å². The predicted molar refractivity (Wildman–Crippen MR) is 139 cm³/mol. The molecule has 188 valence electrons. The zero-order valence-corrected chi connectivity index (χ0v) is 21.8. The zero-order valence-electron chi connectivity index (χ0n) is 21.8. The summed E-state index contributed by atoms with van der Waals surface area (Å²) in [5.41, 5.74) is 7.54. The van der Waals surface area contributed by atoms with Crippen LogP contribution in [0.5, 0.6) is 0 Å². The topological polar surface area (TPSA) is 84.5 Å². The maximum atomic E-state index is 12.5. The molecule has 6 heteroatoms. The van der Waals surface area contributed by atoms with E-state index in [1.165, 1.54) is 0 Å². The van der Waals surface area contributed by atoms with Gasteiger partial charge in [0.05, 0.1) is 5.92 Å². The van der Waals surface area contributed by atoms with Crippen molar-refractivity contribution in [3.8, 4) is 0 Å². The van der Waals surface area contributed by atoms with Gasteiger partial charge >= 0.3 is 11.9 Å². The number of nitrogens with zero attached hydrogens (tertiary/aromatic N) is 2. The Labute approximate surface area is 208 Å². The summed E-state index contributed by atoms with van der Waals surface area (Å²) in [6, 6.07) is 10.1. The van der Waals surface area contributed by atoms with Gasteiger partial charge in [-0.05, 0) is 67.3 Å². The Balaban J connectivity index is 2.59. The lowest BCUT2D eigenvalue weighted by Crippen LogP contribution is -2.20. The SMILES string of the molecule is CCc1c(CC)c(C(c2ccccc2)c2c(CC)c(CC)c(C(=O)O)n2CC)n(CC)c1C(=O)O. The molecule has 3 aromatic rings. The van der Waals surface area contributed by atoms with Crippen molar-refractivity contribution in [1.82, 2.24) is 9.13 Å². The zero-order chi connectivity index (χ0) is 25.9. The summed E-state index contributed by atoms with van der Waals surface area (Å²) in [6.45, 7) is 13.2. The van der Waals surface area contributed by atoms with E-state index >= 15 is 0 Å². The van der Waals surface area contributed by atoms with Crippen molar-refractivity contribution in [3.05, 3.63) is 80.9 Å². The maximum Gasteiger partial charge on any atom is 0.352 e. The number of hydrogen-bond donors (Lipinski definition) is 2. The van der Waals surface area contributed by atoms with E-state index in [9.17, 15) is 19.8 Å². The van der Waals surface area contributed by atoms with Gasteiger partial charge in [0.1, 0.15) is 11.4 Å². The first-order valence-corrected chi connectivity index (χ1v) is 12.8. The van der Waals surface area contributed by atoms with Crippen LogP contribution < -0.4 is 0 Å². The van der Waals surface area contributed by atoms with E-state index in [1.807, 2.05) is 55.0 Å². The molecule has 0 saturated carbocycles. The van der Waals surface area contributed by atoms with Crippen LogP contribution in [0.4, 0.5) is 0 Å². The number of benzene rings is 1. The van der Waals surface area contributed by atoms with Crippen LogP contribution in [0, 0.1) is 0 Å². The molecular formula is C29H38N2O4. The highest BCUT2D eigenvalue weighted by molar-refractivity contribution is 5.90. The molecule has 1 aromatic carbocycles. The number of aromatic carboxylic acids is 2. The number of carboxylic acid groups (broad SMARTS) is 2. The molecule has 0 bridgehead atoms. The van der Waals surface area contributed by atoms with Crippen LogP contribution in [-0.2, 0) is 38.8 Å². The minimum absolute atomic E-state index is 0.280. The Bertz CT molecular complexity index is 1140. The van der Waals surface area contributed by atoms with Gasteiger partial charge in [-0.25, -0.2) is 9.59 Å². The monoisotopic (exact) mass is 478 g/mol. The Morgan fingerprint density at radius 3 is 1.31 bits per heavy atom. The second kappa shape index (κ2) is 11.0. The van der Waals surface area contributed by atoms with Gasteiger partial charge in [-0.2, -0.15) is 0 Å². The van der Waals surface area contributed by atoms with Crippen LogP contribution in [0.1, 0.15) is 108 Å². The van der Waals surface area contributed by atoms with Gasteiger partial charge in [-0.1, -0.05) is 58.0 Å². The number of carbonyl (C=O) groups is 2. The fourth-order valence-corrected chi connectivity index (χ4v) is 5.94. The molecule has 0 aliphatic heterocycles. The van der Waals surface area contributed by atoms with Gasteiger partial charge < -0.3 is 19.3 Å². The van der Waals surface area contributed by atoms with Crippen molar-refractivity contribution in [3.63, 3.8) is 0 Å². The summed E-state index contributed by atoms with van der Waals surface area (Å²) in [4.78, 5) is 24.9. The van der Waals surface area contributed by atoms with Gasteiger partial charge in [0.2, 0.25) is 0 Å². The van der Waals surface area contributed by atoms with Crippen molar-refractivity contribution in [2.75, 3.05) is 0 Å². The van der Waals surface area contributed by atoms with E-state index in [4.69, 9.17) is 0 Å². The van der Waals surface area contributed by atoms with Crippen LogP contribution in [0.3, 0.4) is 0 Å². The fourth-order valence-electron chi connectivity index (χ4n) is 5.94. The van der Waals surface area contributed by atoms with E-state index in [0.29, 0.717) is 50.2 Å². The van der Waals surface area contributed by atoms with Crippen molar-refractivity contribution >= 4 is 11.9 Å². The molecule has 6 nitrogen and oxygen atoms in total. The molecule has 2 aromatic heterocycles. The molecular weight excluding hydrogens is 440 g/mol. The molecule has 0 unspecified atom stereocenters. The number of rotatable bonds is 11. The van der Waals surface area contributed by atoms with Crippen LogP contribution >= 0.6 is 0 Å². The van der Waals surface area contributed by atoms with E-state index < -0.39 is 11.9 Å². The van der Waals surface area contributed by atoms with Crippen LogP contribution in [0.15, 0.2) is 30.3 Å². The fraction of sp³-hybridized carbons (Fsp3) is 0.448. The third-order valence-corrected chi connectivity index (χ3v) is 7.17. The molecule has 0 radical (unpaired) electrons. The average Bonchev–Trinajstić information content (AvgIpc) is 3.36. The van der Waals surface area contributed by atoms with Gasteiger partial charge in [-0.3, -0.25) is 0 Å². The van der Waals surface area contributed by atoms with E-state index in [1.54, 1.807) is 0 Å². The van der Waals surface area contributed by atoms with E-state index in [2.05, 4.69) is 26.0 Å². The van der Waals surface area contributed by atoms with Crippen molar-refractivity contribution in [1.29, 1.82) is 0 Å². The normalized spacial score (nSPS) is 11.4. The van der Waals surface area contributed by atoms with Gasteiger partial charge in [0.15, 0.2) is 0 Å². The minimum atomic E-state index is -0.918. The molecule has 3 rings (SSSR count). The second-order valence-electron chi connectivity index (χ2n) is 8.74. The van der Waals surface area contributed by atoms with Crippen molar-refractivity contribution in [2.45, 2.75) is 86.2 Å². The molecule has 0 amide bonds. The van der Waals surface area contributed by atoms with Gasteiger partial charge in [-0.15, -0.1) is 0 Å². The summed E-state index contributed by atoms with van der Waals surface area (Å²) in [6.07, 6.45) is 2.66. The summed E-state index contributed by atoms with van der Waals surface area (Å²) >= 11 is 0. The number of carboxylic acids is 2. The lowest BCUT2D eigenvalue weighted by atomic mass is 9.85. The highest BCUT2D eigenvalue weighted by Crippen LogP contribution is 2.42. The summed E-state index contributed by atoms with van der Waals surface area (Å²) in [5.74, 6) is -2.12.